The third-order valence-electron chi connectivity index (χ3n) is 5.01. The second-order valence-corrected chi connectivity index (χ2v) is 7.14. The number of hydrogen-bond acceptors (Lipinski definition) is 5. The van der Waals surface area contributed by atoms with Gasteiger partial charge in [-0.05, 0) is 26.7 Å². The molecule has 7 nitrogen and oxygen atoms in total. The van der Waals surface area contributed by atoms with E-state index in [9.17, 15) is 9.59 Å². The zero-order chi connectivity index (χ0) is 19.1. The largest absolute Gasteiger partial charge is 0.356 e. The van der Waals surface area contributed by atoms with Crippen LogP contribution in [0.2, 0.25) is 0 Å². The summed E-state index contributed by atoms with van der Waals surface area (Å²) in [7, 11) is 2.07. The van der Waals surface area contributed by atoms with Gasteiger partial charge in [0.15, 0.2) is 0 Å². The van der Waals surface area contributed by atoms with Gasteiger partial charge >= 0.3 is 0 Å². The van der Waals surface area contributed by atoms with Crippen LogP contribution < -0.4 is 15.5 Å². The van der Waals surface area contributed by atoms with E-state index < -0.39 is 0 Å². The van der Waals surface area contributed by atoms with Crippen molar-refractivity contribution in [3.05, 3.63) is 17.5 Å². The number of aryl methyl sites for hydroxylation is 1. The lowest BCUT2D eigenvalue weighted by atomic mass is 9.95. The Kier molecular flexibility index (Phi) is 7.36. The number of aromatic nitrogens is 2. The van der Waals surface area contributed by atoms with Crippen LogP contribution in [0.25, 0.3) is 0 Å². The molecule has 2 N–H and O–H groups in total. The summed E-state index contributed by atoms with van der Waals surface area (Å²) in [4.78, 5) is 34.2. The summed E-state index contributed by atoms with van der Waals surface area (Å²) in [6, 6.07) is 0.341. The van der Waals surface area contributed by atoms with E-state index in [0.717, 1.165) is 17.2 Å². The van der Waals surface area contributed by atoms with Crippen molar-refractivity contribution in [2.75, 3.05) is 18.5 Å². The van der Waals surface area contributed by atoms with Crippen molar-refractivity contribution >= 4 is 17.8 Å². The first kappa shape index (κ1) is 20.1. The molecule has 1 unspecified atom stereocenters. The van der Waals surface area contributed by atoms with Crippen molar-refractivity contribution in [3.8, 4) is 0 Å². The van der Waals surface area contributed by atoms with E-state index in [1.54, 1.807) is 0 Å². The van der Waals surface area contributed by atoms with Gasteiger partial charge in [0.2, 0.25) is 17.8 Å². The normalized spacial score (nSPS) is 16.0. The molecule has 1 aromatic heterocycles. The summed E-state index contributed by atoms with van der Waals surface area (Å²) >= 11 is 0. The molecule has 0 aromatic carbocycles. The first-order chi connectivity index (χ1) is 12.4. The van der Waals surface area contributed by atoms with Gasteiger partial charge in [-0.1, -0.05) is 19.3 Å². The molecule has 0 aliphatic heterocycles. The summed E-state index contributed by atoms with van der Waals surface area (Å²) in [5.74, 6) is 0.518. The van der Waals surface area contributed by atoms with Crippen molar-refractivity contribution in [2.24, 2.45) is 0 Å². The predicted octanol–water partition coefficient (Wildman–Crippen LogP) is 2.26. The molecule has 1 heterocycles. The van der Waals surface area contributed by atoms with Crippen LogP contribution in [0.4, 0.5) is 5.95 Å². The number of nitrogens with one attached hydrogen (secondary N) is 2. The predicted molar refractivity (Wildman–Crippen MR) is 102 cm³/mol. The number of carbonyl (C=O) groups excluding carboxylic acids is 2. The van der Waals surface area contributed by atoms with E-state index in [0.29, 0.717) is 12.6 Å². The molecular weight excluding hydrogens is 330 g/mol. The molecule has 2 amide bonds. The number of nitrogens with zero attached hydrogens (tertiary/aromatic N) is 3. The minimum absolute atomic E-state index is 0.103. The summed E-state index contributed by atoms with van der Waals surface area (Å²) in [6.07, 6.45) is 8.33. The van der Waals surface area contributed by atoms with Crippen LogP contribution in [0.1, 0.15) is 69.7 Å². The molecule has 0 radical (unpaired) electrons. The number of anilines is 1. The Morgan fingerprint density at radius 3 is 2.62 bits per heavy atom. The zero-order valence-electron chi connectivity index (χ0n) is 16.3. The highest BCUT2D eigenvalue weighted by Crippen LogP contribution is 2.25. The first-order valence-corrected chi connectivity index (χ1v) is 9.48. The van der Waals surface area contributed by atoms with Gasteiger partial charge in [-0.3, -0.25) is 9.59 Å². The number of hydrogen-bond donors (Lipinski definition) is 2. The Bertz CT molecular complexity index is 628. The maximum atomic E-state index is 12.0. The maximum Gasteiger partial charge on any atom is 0.225 e. The second-order valence-electron chi connectivity index (χ2n) is 7.14. The molecule has 1 aliphatic carbocycles. The molecular formula is C19H31N5O2. The van der Waals surface area contributed by atoms with Crippen molar-refractivity contribution in [2.45, 2.75) is 71.4 Å². The average Bonchev–Trinajstić information content (AvgIpc) is 2.61. The molecule has 0 saturated heterocycles. The third kappa shape index (κ3) is 5.68. The van der Waals surface area contributed by atoms with Crippen LogP contribution in [0.15, 0.2) is 6.20 Å². The lowest BCUT2D eigenvalue weighted by Crippen LogP contribution is -2.35. The van der Waals surface area contributed by atoms with Gasteiger partial charge < -0.3 is 15.5 Å². The van der Waals surface area contributed by atoms with Crippen molar-refractivity contribution < 1.29 is 9.59 Å². The molecule has 2 rings (SSSR count). The quantitative estimate of drug-likeness (QED) is 0.778. The van der Waals surface area contributed by atoms with E-state index in [-0.39, 0.29) is 24.3 Å². The molecule has 1 aliphatic rings. The standard InChI is InChI=1S/C19H31N5O2/c1-13(22-18(26)10-11-20-15(3)25)17-12-21-19(23-14(17)2)24(4)16-8-6-5-7-9-16/h12-13,16H,5-11H2,1-4H3,(H,20,25)(H,22,26). The number of rotatable bonds is 7. The zero-order valence-corrected chi connectivity index (χ0v) is 16.3. The van der Waals surface area contributed by atoms with E-state index in [4.69, 9.17) is 0 Å². The fourth-order valence-corrected chi connectivity index (χ4v) is 3.43. The van der Waals surface area contributed by atoms with Gasteiger partial charge in [0, 0.05) is 50.4 Å². The van der Waals surface area contributed by atoms with Crippen LogP contribution in [0.3, 0.4) is 0 Å². The minimum atomic E-state index is -0.172. The molecule has 144 valence electrons. The van der Waals surface area contributed by atoms with Gasteiger partial charge in [-0.25, -0.2) is 9.97 Å². The summed E-state index contributed by atoms with van der Waals surface area (Å²) in [6.45, 7) is 5.66. The van der Waals surface area contributed by atoms with E-state index in [1.165, 1.54) is 39.0 Å². The second kappa shape index (κ2) is 9.50. The van der Waals surface area contributed by atoms with Crippen LogP contribution in [-0.4, -0.2) is 41.4 Å². The Morgan fingerprint density at radius 1 is 1.31 bits per heavy atom. The van der Waals surface area contributed by atoms with Crippen LogP contribution in [-0.2, 0) is 9.59 Å². The SMILES string of the molecule is CC(=O)NCCC(=O)NC(C)c1cnc(N(C)C2CCCCC2)nc1C. The van der Waals surface area contributed by atoms with Gasteiger partial charge in [-0.2, -0.15) is 0 Å². The fourth-order valence-electron chi connectivity index (χ4n) is 3.43. The van der Waals surface area contributed by atoms with Gasteiger partial charge in [-0.15, -0.1) is 0 Å². The monoisotopic (exact) mass is 361 g/mol. The van der Waals surface area contributed by atoms with Crippen LogP contribution >= 0.6 is 0 Å². The maximum absolute atomic E-state index is 12.0. The molecule has 7 heteroatoms. The third-order valence-corrected chi connectivity index (χ3v) is 5.01. The highest BCUT2D eigenvalue weighted by Gasteiger charge is 2.21. The Hall–Kier alpha value is -2.18. The van der Waals surface area contributed by atoms with Gasteiger partial charge in [0.1, 0.15) is 0 Å². The summed E-state index contributed by atoms with van der Waals surface area (Å²) in [5, 5.41) is 5.56. The Morgan fingerprint density at radius 2 is 2.00 bits per heavy atom. The minimum Gasteiger partial charge on any atom is -0.356 e. The molecule has 1 saturated carbocycles. The van der Waals surface area contributed by atoms with E-state index in [1.807, 2.05) is 20.0 Å². The fraction of sp³-hybridized carbons (Fsp3) is 0.684. The van der Waals surface area contributed by atoms with Crippen LogP contribution in [0.5, 0.6) is 0 Å². The van der Waals surface area contributed by atoms with E-state index >= 15 is 0 Å². The van der Waals surface area contributed by atoms with Gasteiger partial charge in [0.25, 0.3) is 0 Å². The first-order valence-electron chi connectivity index (χ1n) is 9.48. The molecule has 1 atom stereocenters. The molecule has 0 bridgehead atoms. The highest BCUT2D eigenvalue weighted by atomic mass is 16.2. The van der Waals surface area contributed by atoms with Crippen molar-refractivity contribution in [1.82, 2.24) is 20.6 Å². The topological polar surface area (TPSA) is 87.2 Å². The number of carbonyl (C=O) groups is 2. The van der Waals surface area contributed by atoms with Gasteiger partial charge in [0.05, 0.1) is 6.04 Å². The Labute approximate surface area is 156 Å². The lowest BCUT2D eigenvalue weighted by Gasteiger charge is -2.31. The smallest absolute Gasteiger partial charge is 0.225 e. The van der Waals surface area contributed by atoms with Crippen molar-refractivity contribution in [3.63, 3.8) is 0 Å². The highest BCUT2D eigenvalue weighted by molar-refractivity contribution is 5.78. The Balaban J connectivity index is 1.95. The lowest BCUT2D eigenvalue weighted by molar-refractivity contribution is -0.122. The summed E-state index contributed by atoms with van der Waals surface area (Å²) in [5.41, 5.74) is 1.80. The average molecular weight is 361 g/mol. The molecule has 1 aromatic rings. The molecule has 1 fully saturated rings. The van der Waals surface area contributed by atoms with E-state index in [2.05, 4.69) is 32.5 Å². The van der Waals surface area contributed by atoms with Crippen LogP contribution in [0, 0.1) is 6.92 Å². The molecule has 26 heavy (non-hydrogen) atoms. The summed E-state index contributed by atoms with van der Waals surface area (Å²) < 4.78 is 0. The van der Waals surface area contributed by atoms with Crippen molar-refractivity contribution in [1.29, 1.82) is 0 Å². The molecule has 0 spiro atoms. The number of amides is 2.